The summed E-state index contributed by atoms with van der Waals surface area (Å²) < 4.78 is 0. The molecule has 0 heterocycles. The topological polar surface area (TPSA) is 0 Å². The summed E-state index contributed by atoms with van der Waals surface area (Å²) in [5.41, 5.74) is 0. The van der Waals surface area contributed by atoms with Crippen LogP contribution in [0.15, 0.2) is 0 Å². The van der Waals surface area contributed by atoms with E-state index in [1.807, 2.05) is 0 Å². The van der Waals surface area contributed by atoms with Gasteiger partial charge in [-0.15, -0.1) is 0 Å². The quantitative estimate of drug-likeness (QED) is 0.434. The lowest BCUT2D eigenvalue weighted by molar-refractivity contribution is 0.0983. The van der Waals surface area contributed by atoms with E-state index in [-0.39, 0.29) is 0 Å². The lowest BCUT2D eigenvalue weighted by atomic mass is 9.64. The van der Waals surface area contributed by atoms with Crippen LogP contribution in [-0.4, -0.2) is 0 Å². The van der Waals surface area contributed by atoms with Crippen LogP contribution in [0.1, 0.15) is 123 Å². The Morgan fingerprint density at radius 2 is 1.12 bits per heavy atom. The predicted octanol–water partition coefficient (Wildman–Crippen LogP) is 8.40. The van der Waals surface area contributed by atoms with Crippen LogP contribution >= 0.6 is 0 Å². The van der Waals surface area contributed by atoms with Gasteiger partial charge in [0.1, 0.15) is 0 Å². The van der Waals surface area contributed by atoms with Gasteiger partial charge in [-0.2, -0.15) is 0 Å². The molecule has 0 aromatic rings. The minimum absolute atomic E-state index is 1.08. The van der Waals surface area contributed by atoms with Gasteiger partial charge in [0, 0.05) is 0 Å². The molecule has 0 heteroatoms. The fourth-order valence-corrected chi connectivity index (χ4v) is 6.96. The first kappa shape index (κ1) is 19.8. The summed E-state index contributed by atoms with van der Waals surface area (Å²) in [5.74, 6) is 6.61. The van der Waals surface area contributed by atoms with Crippen LogP contribution in [0.25, 0.3) is 0 Å². The van der Waals surface area contributed by atoms with Crippen molar-refractivity contribution < 1.29 is 0 Å². The lowest BCUT2D eigenvalue weighted by Gasteiger charge is -2.41. The van der Waals surface area contributed by atoms with Gasteiger partial charge in [0.2, 0.25) is 0 Å². The molecular weight excluding hydrogens is 300 g/mol. The third kappa shape index (κ3) is 5.74. The van der Waals surface area contributed by atoms with Crippen molar-refractivity contribution in [3.63, 3.8) is 0 Å². The highest BCUT2D eigenvalue weighted by atomic mass is 14.4. The van der Waals surface area contributed by atoms with Gasteiger partial charge in [-0.3, -0.25) is 0 Å². The third-order valence-corrected chi connectivity index (χ3v) is 8.53. The molecule has 0 aromatic carbocycles. The Morgan fingerprint density at radius 1 is 0.520 bits per heavy atom. The van der Waals surface area contributed by atoms with Crippen molar-refractivity contribution in [2.75, 3.05) is 0 Å². The molecule has 3 rings (SSSR count). The van der Waals surface area contributed by atoms with Crippen LogP contribution < -0.4 is 0 Å². The highest BCUT2D eigenvalue weighted by Gasteiger charge is 2.34. The number of hydrogen-bond acceptors (Lipinski definition) is 0. The molecule has 2 atom stereocenters. The SMILES string of the molecule is CCCCC1CCCC(C2CCC(C3CCC(CCC)CC3)CC2)C1. The van der Waals surface area contributed by atoms with Crippen LogP contribution in [0.2, 0.25) is 0 Å². The molecule has 0 saturated heterocycles. The van der Waals surface area contributed by atoms with Gasteiger partial charge in [-0.25, -0.2) is 0 Å². The van der Waals surface area contributed by atoms with Gasteiger partial charge >= 0.3 is 0 Å². The smallest absolute Gasteiger partial charge is 0.0383 e. The summed E-state index contributed by atoms with van der Waals surface area (Å²) in [4.78, 5) is 0. The molecule has 0 amide bonds. The van der Waals surface area contributed by atoms with E-state index in [1.54, 1.807) is 77.0 Å². The summed E-state index contributed by atoms with van der Waals surface area (Å²) in [5, 5.41) is 0. The van der Waals surface area contributed by atoms with Crippen molar-refractivity contribution in [1.29, 1.82) is 0 Å². The summed E-state index contributed by atoms with van der Waals surface area (Å²) in [6, 6.07) is 0. The number of hydrogen-bond donors (Lipinski definition) is 0. The largest absolute Gasteiger partial charge is 0.0654 e. The van der Waals surface area contributed by atoms with Crippen LogP contribution in [0, 0.1) is 35.5 Å². The van der Waals surface area contributed by atoms with E-state index in [0.717, 1.165) is 35.5 Å². The van der Waals surface area contributed by atoms with E-state index < -0.39 is 0 Å². The minimum atomic E-state index is 1.08. The van der Waals surface area contributed by atoms with E-state index in [4.69, 9.17) is 0 Å². The molecule has 2 unspecified atom stereocenters. The fourth-order valence-electron chi connectivity index (χ4n) is 6.96. The second-order valence-corrected chi connectivity index (χ2v) is 10.2. The summed E-state index contributed by atoms with van der Waals surface area (Å²) in [7, 11) is 0. The molecule has 3 aliphatic rings. The van der Waals surface area contributed by atoms with E-state index in [9.17, 15) is 0 Å². The maximum absolute atomic E-state index is 2.37. The maximum atomic E-state index is 2.37. The molecule has 0 bridgehead atoms. The Hall–Kier alpha value is 0. The average Bonchev–Trinajstić information content (AvgIpc) is 2.68. The first-order chi connectivity index (χ1) is 12.3. The van der Waals surface area contributed by atoms with E-state index in [2.05, 4.69) is 13.8 Å². The van der Waals surface area contributed by atoms with Gasteiger partial charge in [0.25, 0.3) is 0 Å². The Morgan fingerprint density at radius 3 is 1.72 bits per heavy atom. The van der Waals surface area contributed by atoms with E-state index in [0.29, 0.717) is 0 Å². The molecule has 0 nitrogen and oxygen atoms in total. The normalized spacial score (nSPS) is 40.1. The average molecular weight is 347 g/mol. The van der Waals surface area contributed by atoms with Crippen molar-refractivity contribution in [2.24, 2.45) is 35.5 Å². The first-order valence-electron chi connectivity index (χ1n) is 12.3. The predicted molar refractivity (Wildman–Crippen MR) is 111 cm³/mol. The van der Waals surface area contributed by atoms with Crippen LogP contribution in [-0.2, 0) is 0 Å². The van der Waals surface area contributed by atoms with Gasteiger partial charge < -0.3 is 0 Å². The Kier molecular flexibility index (Phi) is 8.19. The summed E-state index contributed by atoms with van der Waals surface area (Å²) in [6.07, 6.45) is 26.2. The van der Waals surface area contributed by atoms with Crippen molar-refractivity contribution in [2.45, 2.75) is 123 Å². The van der Waals surface area contributed by atoms with Gasteiger partial charge in [-0.1, -0.05) is 78.1 Å². The van der Waals surface area contributed by atoms with Gasteiger partial charge in [0.15, 0.2) is 0 Å². The molecule has 25 heavy (non-hydrogen) atoms. The zero-order valence-corrected chi connectivity index (χ0v) is 17.5. The Labute approximate surface area is 158 Å². The molecule has 3 saturated carbocycles. The molecule has 3 aliphatic carbocycles. The standard InChI is InChI=1S/C25H46/c1-3-5-8-21-9-6-10-25(19-21)24-17-15-23(16-18-24)22-13-11-20(7-4-2)12-14-22/h20-25H,3-19H2,1-2H3. The van der Waals surface area contributed by atoms with Crippen LogP contribution in [0.5, 0.6) is 0 Å². The van der Waals surface area contributed by atoms with Crippen molar-refractivity contribution in [3.8, 4) is 0 Å². The monoisotopic (exact) mass is 346 g/mol. The molecule has 146 valence electrons. The molecule has 0 spiro atoms. The highest BCUT2D eigenvalue weighted by Crippen LogP contribution is 2.46. The van der Waals surface area contributed by atoms with Crippen molar-refractivity contribution in [3.05, 3.63) is 0 Å². The molecule has 3 fully saturated rings. The first-order valence-corrected chi connectivity index (χ1v) is 12.3. The summed E-state index contributed by atoms with van der Waals surface area (Å²) in [6.45, 7) is 4.72. The molecule has 0 radical (unpaired) electrons. The maximum Gasteiger partial charge on any atom is -0.0383 e. The zero-order chi connectivity index (χ0) is 17.5. The van der Waals surface area contributed by atoms with Crippen molar-refractivity contribution in [1.82, 2.24) is 0 Å². The summed E-state index contributed by atoms with van der Waals surface area (Å²) >= 11 is 0. The Balaban J connectivity index is 1.38. The van der Waals surface area contributed by atoms with Crippen LogP contribution in [0.3, 0.4) is 0 Å². The van der Waals surface area contributed by atoms with Crippen molar-refractivity contribution >= 4 is 0 Å². The third-order valence-electron chi connectivity index (χ3n) is 8.53. The highest BCUT2D eigenvalue weighted by molar-refractivity contribution is 4.86. The second kappa shape index (κ2) is 10.4. The number of unbranched alkanes of at least 4 members (excludes halogenated alkanes) is 1. The second-order valence-electron chi connectivity index (χ2n) is 10.2. The van der Waals surface area contributed by atoms with Gasteiger partial charge in [-0.05, 0) is 80.5 Å². The zero-order valence-electron chi connectivity index (χ0n) is 17.5. The molecule has 0 aliphatic heterocycles. The Bertz CT molecular complexity index is 343. The fraction of sp³-hybridized carbons (Fsp3) is 1.00. The molecule has 0 N–H and O–H groups in total. The van der Waals surface area contributed by atoms with E-state index in [1.165, 1.54) is 32.1 Å². The molecule has 0 aromatic heterocycles. The van der Waals surface area contributed by atoms with Gasteiger partial charge in [0.05, 0.1) is 0 Å². The van der Waals surface area contributed by atoms with E-state index >= 15 is 0 Å². The molecular formula is C25H46. The minimum Gasteiger partial charge on any atom is -0.0654 e. The van der Waals surface area contributed by atoms with Crippen LogP contribution in [0.4, 0.5) is 0 Å². The number of rotatable bonds is 7. The lowest BCUT2D eigenvalue weighted by Crippen LogP contribution is -2.30.